The lowest BCUT2D eigenvalue weighted by atomic mass is 9.93. The van der Waals surface area contributed by atoms with Crippen molar-refractivity contribution in [1.82, 2.24) is 25.0 Å². The first kappa shape index (κ1) is 23.6. The Hall–Kier alpha value is -2.84. The molecule has 2 aromatic heterocycles. The average Bonchev–Trinajstić information content (AvgIpc) is 3.61. The molecule has 8 nitrogen and oxygen atoms in total. The molecule has 3 fully saturated rings. The number of methoxy groups -OCH3 is 2. The van der Waals surface area contributed by atoms with Crippen LogP contribution in [0, 0.1) is 11.8 Å². The van der Waals surface area contributed by atoms with Crippen molar-refractivity contribution in [3.63, 3.8) is 0 Å². The molecule has 2 unspecified atom stereocenters. The van der Waals surface area contributed by atoms with Crippen molar-refractivity contribution in [2.24, 2.45) is 11.8 Å². The molecule has 3 aromatic rings. The summed E-state index contributed by atoms with van der Waals surface area (Å²) in [6, 6.07) is 8.55. The molecule has 1 N–H and O–H groups in total. The number of fused-ring (bicyclic) bond motifs is 2. The summed E-state index contributed by atoms with van der Waals surface area (Å²) in [5, 5.41) is 9.61. The number of H-pyrrole nitrogens is 1. The molecule has 2 saturated heterocycles. The highest BCUT2D eigenvalue weighted by Gasteiger charge is 2.44. The van der Waals surface area contributed by atoms with Gasteiger partial charge in [0.1, 0.15) is 5.69 Å². The zero-order valence-electron chi connectivity index (χ0n) is 20.7. The van der Waals surface area contributed by atoms with Crippen LogP contribution in [0.1, 0.15) is 37.2 Å². The number of benzene rings is 1. The molecule has 1 aromatic carbocycles. The van der Waals surface area contributed by atoms with E-state index in [1.807, 2.05) is 23.1 Å². The second-order valence-corrected chi connectivity index (χ2v) is 10.8. The third kappa shape index (κ3) is 4.20. The minimum Gasteiger partial charge on any atom is -0.481 e. The summed E-state index contributed by atoms with van der Waals surface area (Å²) in [6.07, 6.45) is 6.04. The Labute approximate surface area is 215 Å². The predicted octanol–water partition coefficient (Wildman–Crippen LogP) is 4.94. The maximum Gasteiger partial charge on any atom is 0.409 e. The zero-order chi connectivity index (χ0) is 24.8. The van der Waals surface area contributed by atoms with Gasteiger partial charge in [-0.15, -0.1) is 0 Å². The van der Waals surface area contributed by atoms with E-state index < -0.39 is 0 Å². The number of halogens is 1. The first-order valence-corrected chi connectivity index (χ1v) is 13.2. The highest BCUT2D eigenvalue weighted by molar-refractivity contribution is 6.32. The number of rotatable bonds is 4. The smallest absolute Gasteiger partial charge is 0.409 e. The van der Waals surface area contributed by atoms with E-state index in [2.05, 4.69) is 26.1 Å². The van der Waals surface area contributed by atoms with E-state index in [4.69, 9.17) is 21.1 Å². The van der Waals surface area contributed by atoms with E-state index in [1.54, 1.807) is 13.3 Å². The number of aromatic amines is 1. The summed E-state index contributed by atoms with van der Waals surface area (Å²) >= 11 is 6.82. The fourth-order valence-electron chi connectivity index (χ4n) is 6.69. The van der Waals surface area contributed by atoms with Crippen LogP contribution in [0.25, 0.3) is 22.2 Å². The topological polar surface area (TPSA) is 83.6 Å². The van der Waals surface area contributed by atoms with E-state index >= 15 is 0 Å². The molecule has 36 heavy (non-hydrogen) atoms. The maximum absolute atomic E-state index is 12.0. The van der Waals surface area contributed by atoms with Gasteiger partial charge >= 0.3 is 6.09 Å². The molecule has 0 bridgehead atoms. The van der Waals surface area contributed by atoms with Gasteiger partial charge in [0, 0.05) is 60.5 Å². The zero-order valence-corrected chi connectivity index (χ0v) is 21.5. The van der Waals surface area contributed by atoms with Gasteiger partial charge in [0.2, 0.25) is 5.88 Å². The Morgan fingerprint density at radius 2 is 1.94 bits per heavy atom. The van der Waals surface area contributed by atoms with Gasteiger partial charge in [-0.05, 0) is 67.2 Å². The van der Waals surface area contributed by atoms with Crippen molar-refractivity contribution in [2.75, 3.05) is 40.4 Å². The number of piperidine rings is 1. The van der Waals surface area contributed by atoms with E-state index in [0.717, 1.165) is 79.0 Å². The highest BCUT2D eigenvalue weighted by Crippen LogP contribution is 2.49. The third-order valence-corrected chi connectivity index (χ3v) is 8.79. The molecular formula is C27H32ClN5O3. The van der Waals surface area contributed by atoms with Crippen molar-refractivity contribution >= 4 is 28.6 Å². The standard InChI is InChI=1S/C27H32ClN5O3/c1-35-25-10-16(5-6-29-25)26-22-11-21(23(28)12-24(22)30-31-26)17-8-18-13-33(14-19(18)9-17)20-4-3-7-32(15-20)27(34)36-2/h5-6,10-12,17-20H,3-4,7-9,13-15H2,1-2H3,(H,30,31)/t17?,18-,19+,20?. The van der Waals surface area contributed by atoms with E-state index in [0.29, 0.717) is 29.7 Å². The number of hydrogen-bond acceptors (Lipinski definition) is 6. The van der Waals surface area contributed by atoms with E-state index in [1.165, 1.54) is 12.7 Å². The van der Waals surface area contributed by atoms with Crippen LogP contribution in [0.15, 0.2) is 30.5 Å². The molecule has 190 valence electrons. The largest absolute Gasteiger partial charge is 0.481 e. The van der Waals surface area contributed by atoms with Gasteiger partial charge in [-0.3, -0.25) is 10.00 Å². The number of likely N-dealkylation sites (tertiary alicyclic amines) is 2. The van der Waals surface area contributed by atoms with Gasteiger partial charge in [-0.25, -0.2) is 9.78 Å². The molecule has 4 heterocycles. The first-order valence-electron chi connectivity index (χ1n) is 12.8. The number of carbonyl (C=O) groups excluding carboxylic acids is 1. The minimum absolute atomic E-state index is 0.201. The molecule has 0 spiro atoms. The molecule has 0 radical (unpaired) electrons. The monoisotopic (exact) mass is 509 g/mol. The Kier molecular flexibility index (Phi) is 6.25. The third-order valence-electron chi connectivity index (χ3n) is 8.46. The fraction of sp³-hybridized carbons (Fsp3) is 0.519. The van der Waals surface area contributed by atoms with Crippen LogP contribution in [-0.4, -0.2) is 77.5 Å². The van der Waals surface area contributed by atoms with Crippen LogP contribution in [0.2, 0.25) is 5.02 Å². The van der Waals surface area contributed by atoms with Gasteiger partial charge in [0.15, 0.2) is 0 Å². The molecule has 1 amide bonds. The second kappa shape index (κ2) is 9.56. The molecule has 6 rings (SSSR count). The van der Waals surface area contributed by atoms with Crippen LogP contribution in [0.5, 0.6) is 5.88 Å². The first-order chi connectivity index (χ1) is 17.5. The number of pyridine rings is 1. The van der Waals surface area contributed by atoms with E-state index in [-0.39, 0.29) is 6.09 Å². The summed E-state index contributed by atoms with van der Waals surface area (Å²) in [6.45, 7) is 3.79. The van der Waals surface area contributed by atoms with Crippen LogP contribution in [0.3, 0.4) is 0 Å². The molecule has 9 heteroatoms. The lowest BCUT2D eigenvalue weighted by molar-refractivity contribution is 0.0811. The Morgan fingerprint density at radius 1 is 1.14 bits per heavy atom. The van der Waals surface area contributed by atoms with Crippen molar-refractivity contribution < 1.29 is 14.3 Å². The molecule has 3 aliphatic rings. The lowest BCUT2D eigenvalue weighted by Crippen LogP contribution is -2.49. The van der Waals surface area contributed by atoms with Crippen molar-refractivity contribution in [3.8, 4) is 17.1 Å². The van der Waals surface area contributed by atoms with Gasteiger partial charge in [0.05, 0.1) is 19.7 Å². The summed E-state index contributed by atoms with van der Waals surface area (Å²) in [7, 11) is 3.09. The fourth-order valence-corrected chi connectivity index (χ4v) is 7.01. The van der Waals surface area contributed by atoms with Crippen molar-refractivity contribution in [1.29, 1.82) is 0 Å². The number of aromatic nitrogens is 3. The number of nitrogens with one attached hydrogen (secondary N) is 1. The number of carbonyl (C=O) groups is 1. The quantitative estimate of drug-likeness (QED) is 0.536. The molecular weight excluding hydrogens is 478 g/mol. The number of amides is 1. The number of hydrogen-bond donors (Lipinski definition) is 1. The summed E-state index contributed by atoms with van der Waals surface area (Å²) in [5.41, 5.74) is 4.02. The lowest BCUT2D eigenvalue weighted by Gasteiger charge is -2.37. The van der Waals surface area contributed by atoms with Crippen LogP contribution in [0.4, 0.5) is 4.79 Å². The second-order valence-electron chi connectivity index (χ2n) is 10.4. The predicted molar refractivity (Wildman–Crippen MR) is 138 cm³/mol. The SMILES string of the molecule is COC(=O)N1CCCC(N2C[C@H]3CC(c4cc5c(-c6ccnc(OC)c6)n[nH]c5cc4Cl)C[C@H]3C2)C1. The molecule has 1 saturated carbocycles. The number of ether oxygens (including phenoxy) is 2. The van der Waals surface area contributed by atoms with Crippen molar-refractivity contribution in [3.05, 3.63) is 41.0 Å². The maximum atomic E-state index is 12.0. The van der Waals surface area contributed by atoms with Gasteiger partial charge in [0.25, 0.3) is 0 Å². The Balaban J connectivity index is 1.19. The average molecular weight is 510 g/mol. The Bertz CT molecular complexity index is 1270. The van der Waals surface area contributed by atoms with Crippen LogP contribution in [-0.2, 0) is 4.74 Å². The van der Waals surface area contributed by atoms with E-state index in [9.17, 15) is 4.79 Å². The van der Waals surface area contributed by atoms with Crippen LogP contribution < -0.4 is 4.74 Å². The summed E-state index contributed by atoms with van der Waals surface area (Å²) in [4.78, 5) is 20.7. The summed E-state index contributed by atoms with van der Waals surface area (Å²) in [5.74, 6) is 2.36. The highest BCUT2D eigenvalue weighted by atomic mass is 35.5. The minimum atomic E-state index is -0.201. The van der Waals surface area contributed by atoms with Crippen molar-refractivity contribution in [2.45, 2.75) is 37.6 Å². The Morgan fingerprint density at radius 3 is 2.69 bits per heavy atom. The molecule has 4 atom stereocenters. The molecule has 2 aliphatic heterocycles. The van der Waals surface area contributed by atoms with Crippen LogP contribution >= 0.6 is 11.6 Å². The van der Waals surface area contributed by atoms with Gasteiger partial charge < -0.3 is 14.4 Å². The summed E-state index contributed by atoms with van der Waals surface area (Å²) < 4.78 is 10.3. The number of nitrogens with zero attached hydrogens (tertiary/aromatic N) is 4. The molecule has 1 aliphatic carbocycles. The normalized spacial score (nSPS) is 26.4. The van der Waals surface area contributed by atoms with Gasteiger partial charge in [-0.1, -0.05) is 11.6 Å². The van der Waals surface area contributed by atoms with Gasteiger partial charge in [-0.2, -0.15) is 5.10 Å².